The van der Waals surface area contributed by atoms with Gasteiger partial charge in [0, 0.05) is 12.2 Å². The molecule has 0 aliphatic rings. The Morgan fingerprint density at radius 1 is 1.26 bits per heavy atom. The van der Waals surface area contributed by atoms with E-state index in [0.29, 0.717) is 5.56 Å². The largest absolute Gasteiger partial charge is 0.480 e. The molecule has 0 heterocycles. The maximum atomic E-state index is 12.0. The fourth-order valence-electron chi connectivity index (χ4n) is 1.27. The average Bonchev–Trinajstić information content (AvgIpc) is 2.27. The first-order valence-corrected chi connectivity index (χ1v) is 5.18. The van der Waals surface area contributed by atoms with Gasteiger partial charge in [0.05, 0.1) is 6.54 Å². The lowest BCUT2D eigenvalue weighted by Gasteiger charge is -2.09. The maximum absolute atomic E-state index is 12.0. The van der Waals surface area contributed by atoms with Crippen molar-refractivity contribution in [1.82, 2.24) is 5.32 Å². The standard InChI is InChI=1S/C11H11F3N2O3/c12-11(13,14)10(19)16-8-3-1-2-7(4-8)5-15-6-9(17)18/h1-4,15H,5-6H2,(H,16,19)(H,17,18). The molecule has 0 radical (unpaired) electrons. The average molecular weight is 276 g/mol. The highest BCUT2D eigenvalue weighted by molar-refractivity contribution is 5.94. The van der Waals surface area contributed by atoms with E-state index in [-0.39, 0.29) is 18.8 Å². The summed E-state index contributed by atoms with van der Waals surface area (Å²) in [6.45, 7) is -0.0961. The first-order valence-electron chi connectivity index (χ1n) is 5.18. The van der Waals surface area contributed by atoms with E-state index >= 15 is 0 Å². The number of carbonyl (C=O) groups is 2. The Labute approximate surface area is 106 Å². The Morgan fingerprint density at radius 3 is 2.53 bits per heavy atom. The number of anilines is 1. The molecule has 0 saturated heterocycles. The van der Waals surface area contributed by atoms with Gasteiger partial charge in [-0.1, -0.05) is 12.1 Å². The van der Waals surface area contributed by atoms with Crippen LogP contribution in [0, 0.1) is 0 Å². The lowest BCUT2D eigenvalue weighted by molar-refractivity contribution is -0.167. The van der Waals surface area contributed by atoms with Crippen molar-refractivity contribution in [2.24, 2.45) is 0 Å². The van der Waals surface area contributed by atoms with Crippen molar-refractivity contribution in [2.45, 2.75) is 12.7 Å². The summed E-state index contributed by atoms with van der Waals surface area (Å²) in [7, 11) is 0. The predicted molar refractivity (Wildman–Crippen MR) is 60.5 cm³/mol. The Hall–Kier alpha value is -2.09. The molecule has 0 bridgehead atoms. The zero-order valence-electron chi connectivity index (χ0n) is 9.62. The van der Waals surface area contributed by atoms with Crippen LogP contribution in [0.2, 0.25) is 0 Å². The number of carbonyl (C=O) groups excluding carboxylic acids is 1. The van der Waals surface area contributed by atoms with Crippen molar-refractivity contribution < 1.29 is 27.9 Å². The summed E-state index contributed by atoms with van der Waals surface area (Å²) in [5, 5.41) is 12.7. The van der Waals surface area contributed by atoms with Crippen molar-refractivity contribution in [1.29, 1.82) is 0 Å². The van der Waals surface area contributed by atoms with E-state index in [0.717, 1.165) is 0 Å². The minimum Gasteiger partial charge on any atom is -0.480 e. The summed E-state index contributed by atoms with van der Waals surface area (Å²) in [6.07, 6.45) is -4.95. The molecule has 5 nitrogen and oxygen atoms in total. The van der Waals surface area contributed by atoms with Gasteiger partial charge in [-0.05, 0) is 17.7 Å². The molecule has 1 rings (SSSR count). The lowest BCUT2D eigenvalue weighted by Crippen LogP contribution is -2.30. The third-order valence-electron chi connectivity index (χ3n) is 2.05. The van der Waals surface area contributed by atoms with Crippen LogP contribution in [-0.2, 0) is 16.1 Å². The summed E-state index contributed by atoms with van der Waals surface area (Å²) < 4.78 is 36.1. The Bertz CT molecular complexity index is 474. The van der Waals surface area contributed by atoms with Gasteiger partial charge in [-0.3, -0.25) is 9.59 Å². The summed E-state index contributed by atoms with van der Waals surface area (Å²) in [5.74, 6) is -3.09. The third kappa shape index (κ3) is 5.38. The van der Waals surface area contributed by atoms with E-state index in [1.807, 2.05) is 0 Å². The molecule has 0 aliphatic carbocycles. The first kappa shape index (κ1) is 15.0. The molecule has 0 aromatic heterocycles. The molecule has 0 unspecified atom stereocenters. The molecule has 0 spiro atoms. The van der Waals surface area contributed by atoms with Crippen LogP contribution in [0.5, 0.6) is 0 Å². The van der Waals surface area contributed by atoms with Crippen LogP contribution in [-0.4, -0.2) is 29.7 Å². The number of nitrogens with one attached hydrogen (secondary N) is 2. The Morgan fingerprint density at radius 2 is 1.95 bits per heavy atom. The number of alkyl halides is 3. The summed E-state index contributed by atoms with van der Waals surface area (Å²) in [5.41, 5.74) is 0.554. The third-order valence-corrected chi connectivity index (χ3v) is 2.05. The molecule has 104 valence electrons. The van der Waals surface area contributed by atoms with E-state index in [2.05, 4.69) is 5.32 Å². The van der Waals surface area contributed by atoms with E-state index < -0.39 is 18.1 Å². The number of aliphatic carboxylic acids is 1. The molecule has 0 saturated carbocycles. The van der Waals surface area contributed by atoms with Crippen molar-refractivity contribution in [3.8, 4) is 0 Å². The van der Waals surface area contributed by atoms with E-state index in [1.54, 1.807) is 11.4 Å². The second-order valence-electron chi connectivity index (χ2n) is 3.65. The minimum absolute atomic E-state index is 0.00282. The summed E-state index contributed by atoms with van der Waals surface area (Å²) >= 11 is 0. The van der Waals surface area contributed by atoms with Gasteiger partial charge in [-0.2, -0.15) is 13.2 Å². The van der Waals surface area contributed by atoms with Crippen molar-refractivity contribution in [2.75, 3.05) is 11.9 Å². The Balaban J connectivity index is 2.62. The van der Waals surface area contributed by atoms with Gasteiger partial charge in [-0.15, -0.1) is 0 Å². The van der Waals surface area contributed by atoms with E-state index in [9.17, 15) is 22.8 Å². The molecule has 19 heavy (non-hydrogen) atoms. The van der Waals surface area contributed by atoms with Gasteiger partial charge in [0.1, 0.15) is 0 Å². The number of hydrogen-bond donors (Lipinski definition) is 3. The van der Waals surface area contributed by atoms with Gasteiger partial charge in [0.2, 0.25) is 0 Å². The fourth-order valence-corrected chi connectivity index (χ4v) is 1.27. The molecule has 3 N–H and O–H groups in total. The fraction of sp³-hybridized carbons (Fsp3) is 0.273. The van der Waals surface area contributed by atoms with Crippen LogP contribution in [0.25, 0.3) is 0 Å². The lowest BCUT2D eigenvalue weighted by atomic mass is 10.2. The molecule has 0 atom stereocenters. The molecule has 1 amide bonds. The van der Waals surface area contributed by atoms with Crippen LogP contribution in [0.15, 0.2) is 24.3 Å². The topological polar surface area (TPSA) is 78.4 Å². The monoisotopic (exact) mass is 276 g/mol. The number of carboxylic acid groups (broad SMARTS) is 1. The molecular weight excluding hydrogens is 265 g/mol. The molecule has 0 fully saturated rings. The number of benzene rings is 1. The van der Waals surface area contributed by atoms with Gasteiger partial charge in [-0.25, -0.2) is 0 Å². The predicted octanol–water partition coefficient (Wildman–Crippen LogP) is 1.36. The molecule has 0 aliphatic heterocycles. The molecule has 1 aromatic rings. The smallest absolute Gasteiger partial charge is 0.471 e. The number of amides is 1. The van der Waals surface area contributed by atoms with Crippen LogP contribution >= 0.6 is 0 Å². The van der Waals surface area contributed by atoms with Crippen LogP contribution in [0.4, 0.5) is 18.9 Å². The van der Waals surface area contributed by atoms with E-state index in [4.69, 9.17) is 5.11 Å². The second kappa shape index (κ2) is 6.19. The highest BCUT2D eigenvalue weighted by atomic mass is 19.4. The second-order valence-corrected chi connectivity index (χ2v) is 3.65. The zero-order valence-corrected chi connectivity index (χ0v) is 9.62. The van der Waals surface area contributed by atoms with Crippen molar-refractivity contribution in [3.63, 3.8) is 0 Å². The SMILES string of the molecule is O=C(O)CNCc1cccc(NC(=O)C(F)(F)F)c1. The highest BCUT2D eigenvalue weighted by Crippen LogP contribution is 2.18. The normalized spacial score (nSPS) is 11.1. The zero-order chi connectivity index (χ0) is 14.5. The summed E-state index contributed by atoms with van der Waals surface area (Å²) in [6, 6.07) is 5.70. The van der Waals surface area contributed by atoms with Gasteiger partial charge >= 0.3 is 18.1 Å². The number of carboxylic acids is 1. The number of hydrogen-bond acceptors (Lipinski definition) is 3. The van der Waals surface area contributed by atoms with Gasteiger partial charge < -0.3 is 15.7 Å². The van der Waals surface area contributed by atoms with E-state index in [1.165, 1.54) is 18.2 Å². The van der Waals surface area contributed by atoms with Crippen molar-refractivity contribution >= 4 is 17.6 Å². The molecular formula is C11H11F3N2O3. The van der Waals surface area contributed by atoms with Crippen LogP contribution < -0.4 is 10.6 Å². The number of halogens is 3. The first-order chi connectivity index (χ1) is 8.79. The Kier molecular flexibility index (Phi) is 4.87. The number of rotatable bonds is 5. The molecule has 1 aromatic carbocycles. The maximum Gasteiger partial charge on any atom is 0.471 e. The molecule has 8 heteroatoms. The van der Waals surface area contributed by atoms with Crippen LogP contribution in [0.1, 0.15) is 5.56 Å². The van der Waals surface area contributed by atoms with Crippen LogP contribution in [0.3, 0.4) is 0 Å². The van der Waals surface area contributed by atoms with Crippen molar-refractivity contribution in [3.05, 3.63) is 29.8 Å². The quantitative estimate of drug-likeness (QED) is 0.758. The summed E-state index contributed by atoms with van der Waals surface area (Å²) in [4.78, 5) is 21.0. The highest BCUT2D eigenvalue weighted by Gasteiger charge is 2.38. The van der Waals surface area contributed by atoms with Gasteiger partial charge in [0.15, 0.2) is 0 Å². The van der Waals surface area contributed by atoms with Gasteiger partial charge in [0.25, 0.3) is 0 Å². The minimum atomic E-state index is -4.95.